The van der Waals surface area contributed by atoms with Crippen molar-refractivity contribution in [3.8, 4) is 0 Å². The van der Waals surface area contributed by atoms with Gasteiger partial charge in [-0.3, -0.25) is 14.5 Å². The van der Waals surface area contributed by atoms with Crippen LogP contribution in [0.15, 0.2) is 48.5 Å². The molecule has 1 aliphatic heterocycles. The second-order valence-corrected chi connectivity index (χ2v) is 8.24. The zero-order valence-corrected chi connectivity index (χ0v) is 18.7. The lowest BCUT2D eigenvalue weighted by Gasteiger charge is -2.35. The van der Waals surface area contributed by atoms with Crippen molar-refractivity contribution >= 4 is 17.5 Å². The summed E-state index contributed by atoms with van der Waals surface area (Å²) in [6.45, 7) is 8.01. The van der Waals surface area contributed by atoms with Crippen molar-refractivity contribution < 1.29 is 14.3 Å². The summed E-state index contributed by atoms with van der Waals surface area (Å²) < 4.78 is 6.03. The number of rotatable bonds is 8. The van der Waals surface area contributed by atoms with Gasteiger partial charge in [0.05, 0.1) is 25.3 Å². The Morgan fingerprint density at radius 1 is 1.03 bits per heavy atom. The Morgan fingerprint density at radius 2 is 1.68 bits per heavy atom. The smallest absolute Gasteiger partial charge is 0.243 e. The Hall–Kier alpha value is -2.70. The molecule has 3 rings (SSSR count). The zero-order chi connectivity index (χ0) is 22.2. The molecule has 2 amide bonds. The number of hydrogen-bond donors (Lipinski definition) is 2. The second kappa shape index (κ2) is 11.1. The average molecular weight is 424 g/mol. The maximum atomic E-state index is 12.6. The summed E-state index contributed by atoms with van der Waals surface area (Å²) in [5, 5.41) is 5.67. The molecule has 2 aromatic carbocycles. The zero-order valence-electron chi connectivity index (χ0n) is 18.7. The van der Waals surface area contributed by atoms with Crippen LogP contribution in [0.4, 0.5) is 5.69 Å². The minimum atomic E-state index is -0.275. The third kappa shape index (κ3) is 6.64. The van der Waals surface area contributed by atoms with Gasteiger partial charge in [0, 0.05) is 18.8 Å². The van der Waals surface area contributed by atoms with Gasteiger partial charge in [-0.15, -0.1) is 0 Å². The fourth-order valence-electron chi connectivity index (χ4n) is 3.89. The lowest BCUT2D eigenvalue weighted by Crippen LogP contribution is -2.50. The van der Waals surface area contributed by atoms with Crippen LogP contribution in [0, 0.1) is 13.8 Å². The first-order chi connectivity index (χ1) is 14.9. The van der Waals surface area contributed by atoms with Gasteiger partial charge in [0.15, 0.2) is 0 Å². The molecule has 0 unspecified atom stereocenters. The van der Waals surface area contributed by atoms with Gasteiger partial charge in [0.25, 0.3) is 0 Å². The summed E-state index contributed by atoms with van der Waals surface area (Å²) in [4.78, 5) is 27.0. The number of aryl methyl sites for hydroxylation is 2. The van der Waals surface area contributed by atoms with E-state index in [1.807, 2.05) is 57.2 Å². The molecule has 0 aliphatic carbocycles. The predicted molar refractivity (Wildman–Crippen MR) is 123 cm³/mol. The molecule has 6 nitrogen and oxygen atoms in total. The van der Waals surface area contributed by atoms with Crippen LogP contribution in [-0.2, 0) is 20.9 Å². The summed E-state index contributed by atoms with van der Waals surface area (Å²) >= 11 is 0. The first-order valence-electron chi connectivity index (χ1n) is 11.0. The van der Waals surface area contributed by atoms with Gasteiger partial charge in [0.1, 0.15) is 0 Å². The molecule has 166 valence electrons. The number of nitrogens with zero attached hydrogens (tertiary/aromatic N) is 1. The van der Waals surface area contributed by atoms with Crippen LogP contribution >= 0.6 is 0 Å². The number of nitrogens with one attached hydrogen (secondary N) is 2. The Labute approximate surface area is 185 Å². The Morgan fingerprint density at radius 3 is 2.32 bits per heavy atom. The highest BCUT2D eigenvalue weighted by molar-refractivity contribution is 5.96. The number of amides is 2. The molecular formula is C25H33N3O3. The summed E-state index contributed by atoms with van der Waals surface area (Å²) in [5.74, 6) is -0.341. The molecule has 0 aromatic heterocycles. The topological polar surface area (TPSA) is 70.7 Å². The van der Waals surface area contributed by atoms with Gasteiger partial charge in [-0.1, -0.05) is 48.5 Å². The van der Waals surface area contributed by atoms with Crippen LogP contribution in [0.1, 0.15) is 36.5 Å². The van der Waals surface area contributed by atoms with Crippen molar-refractivity contribution in [1.29, 1.82) is 0 Å². The number of carbonyl (C=O) groups is 2. The van der Waals surface area contributed by atoms with E-state index in [2.05, 4.69) is 27.7 Å². The average Bonchev–Trinajstić information content (AvgIpc) is 2.79. The predicted octanol–water partition coefficient (Wildman–Crippen LogP) is 3.43. The van der Waals surface area contributed by atoms with Crippen molar-refractivity contribution in [2.45, 2.75) is 52.4 Å². The highest BCUT2D eigenvalue weighted by Crippen LogP contribution is 2.19. The number of hydrogen-bond acceptors (Lipinski definition) is 4. The molecule has 1 aliphatic rings. The van der Waals surface area contributed by atoms with Crippen molar-refractivity contribution in [2.75, 3.05) is 25.0 Å². The third-order valence-electron chi connectivity index (χ3n) is 5.90. The van der Waals surface area contributed by atoms with Crippen molar-refractivity contribution in [2.24, 2.45) is 0 Å². The quantitative estimate of drug-likeness (QED) is 0.683. The molecule has 1 heterocycles. The van der Waals surface area contributed by atoms with Crippen molar-refractivity contribution in [1.82, 2.24) is 10.2 Å². The van der Waals surface area contributed by atoms with E-state index in [4.69, 9.17) is 4.74 Å². The lowest BCUT2D eigenvalue weighted by molar-refractivity contribution is -0.129. The standard InChI is InChI=1S/C25H33N3O3/c1-18-8-7-9-19(2)24(18)27-23(29)16-26-25(30)20(3)28-14-12-22(13-15-28)31-17-21-10-5-4-6-11-21/h4-11,20,22H,12-17H2,1-3H3,(H,26,30)(H,27,29)/t20-/m1/s1. The Bertz CT molecular complexity index is 857. The number of anilines is 1. The number of benzene rings is 2. The Balaban J connectivity index is 1.39. The summed E-state index contributed by atoms with van der Waals surface area (Å²) in [6.07, 6.45) is 2.02. The number of likely N-dealkylation sites (tertiary alicyclic amines) is 1. The number of piperidine rings is 1. The summed E-state index contributed by atoms with van der Waals surface area (Å²) in [7, 11) is 0. The van der Waals surface area contributed by atoms with Crippen molar-refractivity contribution in [3.05, 3.63) is 65.2 Å². The summed E-state index contributed by atoms with van der Waals surface area (Å²) in [5.41, 5.74) is 4.00. The van der Waals surface area contributed by atoms with Gasteiger partial charge in [-0.05, 0) is 50.3 Å². The molecule has 1 fully saturated rings. The number of para-hydroxylation sites is 1. The molecule has 1 atom stereocenters. The normalized spacial score (nSPS) is 16.0. The van der Waals surface area contributed by atoms with Crippen LogP contribution in [0.5, 0.6) is 0 Å². The number of carbonyl (C=O) groups excluding carboxylic acids is 2. The summed E-state index contributed by atoms with van der Waals surface area (Å²) in [6, 6.07) is 15.8. The molecule has 2 N–H and O–H groups in total. The third-order valence-corrected chi connectivity index (χ3v) is 5.90. The van der Waals surface area contributed by atoms with Crippen LogP contribution in [-0.4, -0.2) is 48.5 Å². The van der Waals surface area contributed by atoms with Crippen LogP contribution in [0.2, 0.25) is 0 Å². The molecule has 0 saturated carbocycles. The van der Waals surface area contributed by atoms with Gasteiger partial charge in [-0.25, -0.2) is 0 Å². The van der Waals surface area contributed by atoms with Gasteiger partial charge in [-0.2, -0.15) is 0 Å². The molecule has 0 spiro atoms. The number of ether oxygens (including phenoxy) is 1. The molecular weight excluding hydrogens is 390 g/mol. The van der Waals surface area contributed by atoms with E-state index >= 15 is 0 Å². The van der Waals surface area contributed by atoms with Crippen LogP contribution in [0.3, 0.4) is 0 Å². The first-order valence-corrected chi connectivity index (χ1v) is 11.0. The first kappa shape index (κ1) is 23.0. The van der Waals surface area contributed by atoms with E-state index in [9.17, 15) is 9.59 Å². The van der Waals surface area contributed by atoms with E-state index in [0.29, 0.717) is 6.61 Å². The highest BCUT2D eigenvalue weighted by Gasteiger charge is 2.27. The molecule has 2 aromatic rings. The monoisotopic (exact) mass is 423 g/mol. The fraction of sp³-hybridized carbons (Fsp3) is 0.440. The minimum absolute atomic E-state index is 0.0341. The van der Waals surface area contributed by atoms with E-state index in [-0.39, 0.29) is 30.5 Å². The molecule has 31 heavy (non-hydrogen) atoms. The van der Waals surface area contributed by atoms with Gasteiger partial charge < -0.3 is 15.4 Å². The maximum absolute atomic E-state index is 12.6. The van der Waals surface area contributed by atoms with E-state index in [1.165, 1.54) is 5.56 Å². The van der Waals surface area contributed by atoms with Crippen molar-refractivity contribution in [3.63, 3.8) is 0 Å². The van der Waals surface area contributed by atoms with Gasteiger partial charge >= 0.3 is 0 Å². The highest BCUT2D eigenvalue weighted by atomic mass is 16.5. The molecule has 0 radical (unpaired) electrons. The van der Waals surface area contributed by atoms with Crippen LogP contribution < -0.4 is 10.6 Å². The maximum Gasteiger partial charge on any atom is 0.243 e. The molecule has 6 heteroatoms. The largest absolute Gasteiger partial charge is 0.373 e. The second-order valence-electron chi connectivity index (χ2n) is 8.24. The van der Waals surface area contributed by atoms with Crippen LogP contribution in [0.25, 0.3) is 0 Å². The van der Waals surface area contributed by atoms with E-state index < -0.39 is 0 Å². The lowest BCUT2D eigenvalue weighted by atomic mass is 10.1. The molecule has 1 saturated heterocycles. The SMILES string of the molecule is Cc1cccc(C)c1NC(=O)CNC(=O)[C@@H](C)N1CCC(OCc2ccccc2)CC1. The molecule has 0 bridgehead atoms. The fourth-order valence-corrected chi connectivity index (χ4v) is 3.89. The van der Waals surface area contributed by atoms with E-state index in [0.717, 1.165) is 42.7 Å². The van der Waals surface area contributed by atoms with E-state index in [1.54, 1.807) is 0 Å². The Kier molecular flexibility index (Phi) is 8.20. The minimum Gasteiger partial charge on any atom is -0.373 e. The van der Waals surface area contributed by atoms with Gasteiger partial charge in [0.2, 0.25) is 11.8 Å².